The van der Waals surface area contributed by atoms with E-state index in [0.29, 0.717) is 23.7 Å². The van der Waals surface area contributed by atoms with E-state index in [1.807, 2.05) is 38.2 Å². The molecule has 4 saturated carbocycles. The van der Waals surface area contributed by atoms with Crippen LogP contribution in [0.2, 0.25) is 0 Å². The first-order valence-electron chi connectivity index (χ1n) is 12.8. The van der Waals surface area contributed by atoms with Gasteiger partial charge in [-0.2, -0.15) is 0 Å². The third kappa shape index (κ3) is 2.68. The van der Waals surface area contributed by atoms with Gasteiger partial charge in [0.05, 0.1) is 24.0 Å². The summed E-state index contributed by atoms with van der Waals surface area (Å²) in [6.45, 7) is 8.86. The monoisotopic (exact) mass is 441 g/mol. The number of pyridine rings is 1. The molecule has 5 fully saturated rings. The van der Waals surface area contributed by atoms with E-state index in [1.54, 1.807) is 0 Å². The highest BCUT2D eigenvalue weighted by Crippen LogP contribution is 2.71. The quantitative estimate of drug-likeness (QED) is 0.675. The summed E-state index contributed by atoms with van der Waals surface area (Å²) in [5, 5.41) is 22.7. The third-order valence-electron chi connectivity index (χ3n) is 10.7. The molecule has 1 aromatic heterocycles. The highest BCUT2D eigenvalue weighted by Gasteiger charge is 2.71. The molecule has 2 N–H and O–H groups in total. The van der Waals surface area contributed by atoms with Gasteiger partial charge in [-0.25, -0.2) is 0 Å². The summed E-state index contributed by atoms with van der Waals surface area (Å²) in [5.41, 5.74) is -0.137. The Morgan fingerprint density at radius 3 is 2.41 bits per heavy atom. The normalized spacial score (nSPS) is 53.8. The average molecular weight is 442 g/mol. The molecule has 176 valence electrons. The fourth-order valence-electron chi connectivity index (χ4n) is 9.21. The third-order valence-corrected chi connectivity index (χ3v) is 10.7. The highest BCUT2D eigenvalue weighted by atomic mass is 16.8. The molecular formula is C27H39NO4. The number of hydrogen-bond donors (Lipinski definition) is 2. The molecule has 0 radical (unpaired) electrons. The Kier molecular flexibility index (Phi) is 4.56. The minimum absolute atomic E-state index is 0.0251. The van der Waals surface area contributed by atoms with Crippen LogP contribution in [0.4, 0.5) is 0 Å². The SMILES string of the molecule is CC1(C)O[C@H]2[C@H](O1)[C@H]1C[C@@H](O)CC[C@]1(C)[C@H]1CC[C@@]3(C)[C@@H](CC[C@@]3(O)c3ccccn3)[C@H]21. The summed E-state index contributed by atoms with van der Waals surface area (Å²) in [6.07, 6.45) is 8.27. The zero-order valence-corrected chi connectivity index (χ0v) is 20.0. The van der Waals surface area contributed by atoms with Crippen molar-refractivity contribution in [2.24, 2.45) is 34.5 Å². The van der Waals surface area contributed by atoms with Gasteiger partial charge in [-0.3, -0.25) is 4.98 Å². The average Bonchev–Trinajstić information content (AvgIpc) is 3.23. The molecule has 5 aliphatic rings. The number of hydrogen-bond acceptors (Lipinski definition) is 5. The molecule has 1 aromatic rings. The van der Waals surface area contributed by atoms with Gasteiger partial charge in [0.1, 0.15) is 5.60 Å². The fourth-order valence-corrected chi connectivity index (χ4v) is 9.21. The van der Waals surface area contributed by atoms with Crippen molar-refractivity contribution < 1.29 is 19.7 Å². The molecule has 2 heterocycles. The maximum atomic E-state index is 12.1. The van der Waals surface area contributed by atoms with E-state index in [4.69, 9.17) is 9.47 Å². The van der Waals surface area contributed by atoms with Gasteiger partial charge in [0, 0.05) is 11.6 Å². The van der Waals surface area contributed by atoms with Crippen LogP contribution in [0.1, 0.15) is 78.3 Å². The van der Waals surface area contributed by atoms with Gasteiger partial charge in [-0.05, 0) is 100 Å². The molecule has 0 spiro atoms. The molecule has 4 aliphatic carbocycles. The van der Waals surface area contributed by atoms with Gasteiger partial charge in [0.15, 0.2) is 5.79 Å². The molecular weight excluding hydrogens is 402 g/mol. The van der Waals surface area contributed by atoms with Crippen molar-refractivity contribution in [2.45, 2.75) is 102 Å². The molecule has 32 heavy (non-hydrogen) atoms. The van der Waals surface area contributed by atoms with Crippen LogP contribution in [0.3, 0.4) is 0 Å². The second kappa shape index (κ2) is 6.78. The van der Waals surface area contributed by atoms with E-state index in [9.17, 15) is 10.2 Å². The molecule has 5 heteroatoms. The predicted octanol–water partition coefficient (Wildman–Crippen LogP) is 4.41. The summed E-state index contributed by atoms with van der Waals surface area (Å²) in [5.74, 6) is 1.03. The molecule has 0 amide bonds. The lowest BCUT2D eigenvalue weighted by atomic mass is 9.43. The highest BCUT2D eigenvalue weighted by molar-refractivity contribution is 5.25. The molecule has 10 atom stereocenters. The summed E-state index contributed by atoms with van der Waals surface area (Å²) in [6, 6.07) is 5.92. The van der Waals surface area contributed by atoms with E-state index in [2.05, 4.69) is 18.8 Å². The van der Waals surface area contributed by atoms with Gasteiger partial charge in [-0.1, -0.05) is 19.9 Å². The lowest BCUT2D eigenvalue weighted by molar-refractivity contribution is -0.206. The number of aromatic nitrogens is 1. The van der Waals surface area contributed by atoms with Crippen LogP contribution in [0.15, 0.2) is 24.4 Å². The summed E-state index contributed by atoms with van der Waals surface area (Å²) in [7, 11) is 0. The fraction of sp³-hybridized carbons (Fsp3) is 0.815. The van der Waals surface area contributed by atoms with Crippen molar-refractivity contribution >= 4 is 0 Å². The molecule has 5 nitrogen and oxygen atoms in total. The van der Waals surface area contributed by atoms with Crippen LogP contribution in [-0.4, -0.2) is 39.3 Å². The Bertz CT molecular complexity index is 891. The lowest BCUT2D eigenvalue weighted by Gasteiger charge is -2.63. The number of aliphatic hydroxyl groups excluding tert-OH is 1. The zero-order chi connectivity index (χ0) is 22.5. The molecule has 0 aromatic carbocycles. The van der Waals surface area contributed by atoms with E-state index in [0.717, 1.165) is 50.6 Å². The van der Waals surface area contributed by atoms with E-state index in [-0.39, 0.29) is 29.1 Å². The van der Waals surface area contributed by atoms with Crippen molar-refractivity contribution in [3.63, 3.8) is 0 Å². The van der Waals surface area contributed by atoms with Crippen molar-refractivity contribution in [2.75, 3.05) is 0 Å². The largest absolute Gasteiger partial charge is 0.393 e. The predicted molar refractivity (Wildman–Crippen MR) is 120 cm³/mol. The molecule has 1 aliphatic heterocycles. The van der Waals surface area contributed by atoms with Crippen molar-refractivity contribution in [1.29, 1.82) is 0 Å². The number of ether oxygens (including phenoxy) is 2. The Morgan fingerprint density at radius 2 is 1.66 bits per heavy atom. The van der Waals surface area contributed by atoms with Crippen LogP contribution in [-0.2, 0) is 15.1 Å². The van der Waals surface area contributed by atoms with E-state index < -0.39 is 11.4 Å². The van der Waals surface area contributed by atoms with Crippen molar-refractivity contribution in [3.8, 4) is 0 Å². The van der Waals surface area contributed by atoms with Crippen molar-refractivity contribution in [1.82, 2.24) is 4.98 Å². The first-order chi connectivity index (χ1) is 15.1. The number of fused-ring (bicyclic) bond motifs is 8. The van der Waals surface area contributed by atoms with Crippen LogP contribution < -0.4 is 0 Å². The maximum Gasteiger partial charge on any atom is 0.163 e. The Morgan fingerprint density at radius 1 is 0.906 bits per heavy atom. The number of rotatable bonds is 1. The molecule has 6 rings (SSSR count). The Balaban J connectivity index is 1.43. The van der Waals surface area contributed by atoms with E-state index >= 15 is 0 Å². The van der Waals surface area contributed by atoms with Crippen LogP contribution in [0.25, 0.3) is 0 Å². The Labute approximate surface area is 191 Å². The standard InChI is InChI=1S/C27H39NO4/c1-24(2)31-22-19-15-16(29)8-11-25(19,3)17-9-12-26(4)18(21(17)23(22)32-24)10-13-27(26,30)20-7-5-6-14-28-20/h5-7,14,16-19,21-23,29-30H,8-13,15H2,1-4H3/t16-,17-,18-,19+,21+,22+,23+,25+,26-,27+/m0/s1. The second-order valence-corrected chi connectivity index (χ2v) is 12.5. The zero-order valence-electron chi connectivity index (χ0n) is 20.0. The number of aliphatic hydroxyl groups is 2. The first kappa shape index (κ1) is 21.5. The number of nitrogens with zero attached hydrogens (tertiary/aromatic N) is 1. The van der Waals surface area contributed by atoms with Gasteiger partial charge in [0.2, 0.25) is 0 Å². The van der Waals surface area contributed by atoms with Gasteiger partial charge >= 0.3 is 0 Å². The maximum absolute atomic E-state index is 12.1. The lowest BCUT2D eigenvalue weighted by Crippen LogP contribution is -2.64. The van der Waals surface area contributed by atoms with E-state index in [1.165, 1.54) is 0 Å². The molecule has 0 bridgehead atoms. The van der Waals surface area contributed by atoms with Crippen LogP contribution >= 0.6 is 0 Å². The van der Waals surface area contributed by atoms with Gasteiger partial charge < -0.3 is 19.7 Å². The second-order valence-electron chi connectivity index (χ2n) is 12.5. The summed E-state index contributed by atoms with van der Waals surface area (Å²) >= 11 is 0. The Hall–Kier alpha value is -1.01. The minimum Gasteiger partial charge on any atom is -0.393 e. The smallest absolute Gasteiger partial charge is 0.163 e. The van der Waals surface area contributed by atoms with Crippen LogP contribution in [0.5, 0.6) is 0 Å². The topological polar surface area (TPSA) is 71.8 Å². The first-order valence-corrected chi connectivity index (χ1v) is 12.8. The molecule has 0 unspecified atom stereocenters. The van der Waals surface area contributed by atoms with Gasteiger partial charge in [0.25, 0.3) is 0 Å². The summed E-state index contributed by atoms with van der Waals surface area (Å²) in [4.78, 5) is 4.62. The van der Waals surface area contributed by atoms with Crippen LogP contribution in [0, 0.1) is 34.5 Å². The summed E-state index contributed by atoms with van der Waals surface area (Å²) < 4.78 is 13.3. The van der Waals surface area contributed by atoms with Crippen molar-refractivity contribution in [3.05, 3.63) is 30.1 Å². The molecule has 1 saturated heterocycles. The van der Waals surface area contributed by atoms with Gasteiger partial charge in [-0.15, -0.1) is 0 Å². The minimum atomic E-state index is -0.894.